The van der Waals surface area contributed by atoms with E-state index in [0.29, 0.717) is 6.04 Å². The molecule has 0 aromatic carbocycles. The topological polar surface area (TPSA) is 38.2 Å². The van der Waals surface area contributed by atoms with E-state index in [9.17, 15) is 0 Å². The Kier molecular flexibility index (Phi) is 6.76. The molecule has 0 saturated carbocycles. The third kappa shape index (κ3) is 4.72. The molecule has 1 fully saturated rings. The normalized spacial score (nSPS) is 20.2. The molecule has 0 spiro atoms. The molecule has 0 bridgehead atoms. The average molecular weight is 295 g/mol. The highest BCUT2D eigenvalue weighted by Gasteiger charge is 2.22. The highest BCUT2D eigenvalue weighted by molar-refractivity contribution is 7.99. The summed E-state index contributed by atoms with van der Waals surface area (Å²) in [6.45, 7) is 5.12. The summed E-state index contributed by atoms with van der Waals surface area (Å²) in [6.07, 6.45) is 9.01. The summed E-state index contributed by atoms with van der Waals surface area (Å²) < 4.78 is 5.23. The van der Waals surface area contributed by atoms with Gasteiger partial charge in [0.1, 0.15) is 0 Å². The van der Waals surface area contributed by atoms with Crippen molar-refractivity contribution in [3.05, 3.63) is 18.0 Å². The molecule has 1 aromatic rings. The van der Waals surface area contributed by atoms with Gasteiger partial charge in [-0.1, -0.05) is 25.1 Å². The van der Waals surface area contributed by atoms with Crippen LogP contribution in [0.1, 0.15) is 38.2 Å². The lowest BCUT2D eigenvalue weighted by atomic mass is 9.99. The van der Waals surface area contributed by atoms with Crippen LogP contribution in [0.3, 0.4) is 0 Å². The molecule has 0 radical (unpaired) electrons. The Balaban J connectivity index is 1.91. The number of thioether (sulfide) groups is 1. The van der Waals surface area contributed by atoms with Crippen LogP contribution in [-0.2, 0) is 11.3 Å². The van der Waals surface area contributed by atoms with Gasteiger partial charge >= 0.3 is 0 Å². The lowest BCUT2D eigenvalue weighted by molar-refractivity contribution is 0.0972. The Morgan fingerprint density at radius 1 is 1.35 bits per heavy atom. The fourth-order valence-electron chi connectivity index (χ4n) is 2.71. The van der Waals surface area contributed by atoms with Crippen molar-refractivity contribution in [1.82, 2.24) is 14.9 Å². The van der Waals surface area contributed by atoms with Crippen LogP contribution in [0.25, 0.3) is 0 Å². The minimum Gasteiger partial charge on any atom is -0.385 e. The quantitative estimate of drug-likeness (QED) is 0.571. The summed E-state index contributed by atoms with van der Waals surface area (Å²) in [6, 6.07) is 0.647. The van der Waals surface area contributed by atoms with Crippen LogP contribution in [0.4, 0.5) is 0 Å². The molecule has 1 aliphatic heterocycles. The van der Waals surface area contributed by atoms with Crippen molar-refractivity contribution in [3.63, 3.8) is 0 Å². The van der Waals surface area contributed by atoms with Gasteiger partial charge in [-0.15, -0.1) is 0 Å². The zero-order chi connectivity index (χ0) is 14.2. The second-order valence-corrected chi connectivity index (χ2v) is 6.44. The minimum absolute atomic E-state index is 0.647. The van der Waals surface area contributed by atoms with E-state index in [4.69, 9.17) is 4.74 Å². The number of hydrogen-bond acceptors (Lipinski definition) is 5. The van der Waals surface area contributed by atoms with Crippen molar-refractivity contribution < 1.29 is 4.74 Å². The summed E-state index contributed by atoms with van der Waals surface area (Å²) in [5.74, 6) is 1.02. The molecular weight excluding hydrogens is 270 g/mol. The number of aromatic nitrogens is 2. The van der Waals surface area contributed by atoms with Crippen molar-refractivity contribution in [2.75, 3.05) is 26.0 Å². The summed E-state index contributed by atoms with van der Waals surface area (Å²) in [4.78, 5) is 11.4. The van der Waals surface area contributed by atoms with Gasteiger partial charge in [0.2, 0.25) is 0 Å². The molecule has 4 nitrogen and oxygen atoms in total. The predicted molar refractivity (Wildman–Crippen MR) is 83.0 cm³/mol. The Morgan fingerprint density at radius 3 is 2.85 bits per heavy atom. The largest absolute Gasteiger partial charge is 0.385 e. The molecule has 1 atom stereocenters. The maximum absolute atomic E-state index is 5.23. The van der Waals surface area contributed by atoms with Crippen molar-refractivity contribution in [2.45, 2.75) is 50.4 Å². The van der Waals surface area contributed by atoms with E-state index in [1.807, 2.05) is 12.4 Å². The van der Waals surface area contributed by atoms with Gasteiger partial charge < -0.3 is 4.74 Å². The molecular formula is C15H25N3OS. The van der Waals surface area contributed by atoms with E-state index in [0.717, 1.165) is 30.5 Å². The second kappa shape index (κ2) is 8.60. The number of ether oxygens (including phenoxy) is 1. The zero-order valence-electron chi connectivity index (χ0n) is 12.5. The van der Waals surface area contributed by atoms with Gasteiger partial charge in [-0.05, 0) is 31.6 Å². The standard InChI is InChI=1S/C15H25N3OS/c1-3-20-15-16-10-13(11-17-15)12-18-8-5-4-6-14(18)7-9-19-2/h10-11,14H,3-9,12H2,1-2H3/t14-/m1/s1. The smallest absolute Gasteiger partial charge is 0.187 e. The van der Waals surface area contributed by atoms with Gasteiger partial charge in [-0.2, -0.15) is 0 Å². The van der Waals surface area contributed by atoms with Crippen molar-refractivity contribution in [3.8, 4) is 0 Å². The van der Waals surface area contributed by atoms with Gasteiger partial charge in [-0.25, -0.2) is 9.97 Å². The van der Waals surface area contributed by atoms with E-state index in [1.54, 1.807) is 18.9 Å². The van der Waals surface area contributed by atoms with Crippen molar-refractivity contribution in [1.29, 1.82) is 0 Å². The van der Waals surface area contributed by atoms with Crippen LogP contribution in [-0.4, -0.2) is 46.9 Å². The van der Waals surface area contributed by atoms with E-state index in [-0.39, 0.29) is 0 Å². The second-order valence-electron chi connectivity index (χ2n) is 5.21. The first-order valence-electron chi connectivity index (χ1n) is 7.50. The number of nitrogens with zero attached hydrogens (tertiary/aromatic N) is 3. The first-order chi connectivity index (χ1) is 9.83. The molecule has 0 N–H and O–H groups in total. The molecule has 5 heteroatoms. The third-order valence-corrected chi connectivity index (χ3v) is 4.50. The molecule has 1 saturated heterocycles. The minimum atomic E-state index is 0.647. The molecule has 2 heterocycles. The van der Waals surface area contributed by atoms with E-state index in [1.165, 1.54) is 31.4 Å². The lowest BCUT2D eigenvalue weighted by Crippen LogP contribution is -2.39. The molecule has 1 aromatic heterocycles. The first kappa shape index (κ1) is 15.7. The number of methoxy groups -OCH3 is 1. The Hall–Kier alpha value is -0.650. The van der Waals surface area contributed by atoms with Crippen LogP contribution in [0.5, 0.6) is 0 Å². The molecule has 0 aliphatic carbocycles. The summed E-state index contributed by atoms with van der Waals surface area (Å²) in [7, 11) is 1.78. The Bertz CT molecular complexity index is 385. The van der Waals surface area contributed by atoms with E-state index in [2.05, 4.69) is 21.8 Å². The molecule has 0 amide bonds. The van der Waals surface area contributed by atoms with E-state index < -0.39 is 0 Å². The monoisotopic (exact) mass is 295 g/mol. The van der Waals surface area contributed by atoms with E-state index >= 15 is 0 Å². The maximum Gasteiger partial charge on any atom is 0.187 e. The molecule has 1 aliphatic rings. The summed E-state index contributed by atoms with van der Waals surface area (Å²) in [5, 5.41) is 0.880. The van der Waals surface area contributed by atoms with Gasteiger partial charge in [0.05, 0.1) is 0 Å². The predicted octanol–water partition coefficient (Wildman–Crippen LogP) is 2.98. The zero-order valence-corrected chi connectivity index (χ0v) is 13.4. The van der Waals surface area contributed by atoms with Gasteiger partial charge in [0, 0.05) is 44.3 Å². The van der Waals surface area contributed by atoms with Gasteiger partial charge in [-0.3, -0.25) is 4.90 Å². The fourth-order valence-corrected chi connectivity index (χ4v) is 3.22. The number of hydrogen-bond donors (Lipinski definition) is 0. The molecule has 20 heavy (non-hydrogen) atoms. The fraction of sp³-hybridized carbons (Fsp3) is 0.733. The van der Waals surface area contributed by atoms with Crippen LogP contribution >= 0.6 is 11.8 Å². The van der Waals surface area contributed by atoms with Crippen LogP contribution in [0.15, 0.2) is 17.6 Å². The summed E-state index contributed by atoms with van der Waals surface area (Å²) in [5.41, 5.74) is 1.22. The number of likely N-dealkylation sites (tertiary alicyclic amines) is 1. The first-order valence-corrected chi connectivity index (χ1v) is 8.48. The van der Waals surface area contributed by atoms with Gasteiger partial charge in [0.15, 0.2) is 5.16 Å². The SMILES string of the molecule is CCSc1ncc(CN2CCCC[C@@H]2CCOC)cn1. The summed E-state index contributed by atoms with van der Waals surface area (Å²) >= 11 is 1.69. The molecule has 0 unspecified atom stereocenters. The highest BCUT2D eigenvalue weighted by Crippen LogP contribution is 2.22. The number of piperidine rings is 1. The lowest BCUT2D eigenvalue weighted by Gasteiger charge is -2.35. The average Bonchev–Trinajstić information content (AvgIpc) is 2.49. The Morgan fingerprint density at radius 2 is 2.15 bits per heavy atom. The van der Waals surface area contributed by atoms with Gasteiger partial charge in [0.25, 0.3) is 0 Å². The van der Waals surface area contributed by atoms with Crippen LogP contribution in [0, 0.1) is 0 Å². The van der Waals surface area contributed by atoms with Crippen molar-refractivity contribution in [2.24, 2.45) is 0 Å². The van der Waals surface area contributed by atoms with Crippen LogP contribution in [0.2, 0.25) is 0 Å². The molecule has 2 rings (SSSR count). The Labute approximate surface area is 126 Å². The molecule has 112 valence electrons. The third-order valence-electron chi connectivity index (χ3n) is 3.74. The van der Waals surface area contributed by atoms with Crippen LogP contribution < -0.4 is 0 Å². The number of rotatable bonds is 7. The van der Waals surface area contributed by atoms with Crippen molar-refractivity contribution >= 4 is 11.8 Å². The highest BCUT2D eigenvalue weighted by atomic mass is 32.2. The maximum atomic E-state index is 5.23.